The van der Waals surface area contributed by atoms with Crippen LogP contribution in [0.4, 0.5) is 0 Å². The van der Waals surface area contributed by atoms with Crippen LogP contribution in [0.3, 0.4) is 0 Å². The minimum atomic E-state index is 0.00475. The third-order valence-corrected chi connectivity index (χ3v) is 3.86. The van der Waals surface area contributed by atoms with Gasteiger partial charge in [0.1, 0.15) is 0 Å². The molecule has 17 heavy (non-hydrogen) atoms. The van der Waals surface area contributed by atoms with E-state index >= 15 is 0 Å². The SMILES string of the molecule is COCC(C)N(C)C(=O)c1cccc(C)c1Br. The molecule has 0 spiro atoms. The number of hydrogen-bond donors (Lipinski definition) is 0. The summed E-state index contributed by atoms with van der Waals surface area (Å²) in [5.41, 5.74) is 1.75. The third-order valence-electron chi connectivity index (χ3n) is 2.81. The summed E-state index contributed by atoms with van der Waals surface area (Å²) in [7, 11) is 3.43. The van der Waals surface area contributed by atoms with Crippen molar-refractivity contribution in [3.05, 3.63) is 33.8 Å². The number of carbonyl (C=O) groups excluding carboxylic acids is 1. The number of carbonyl (C=O) groups is 1. The van der Waals surface area contributed by atoms with Crippen LogP contribution < -0.4 is 0 Å². The molecule has 0 fully saturated rings. The highest BCUT2D eigenvalue weighted by molar-refractivity contribution is 9.10. The van der Waals surface area contributed by atoms with Crippen molar-refractivity contribution in [2.45, 2.75) is 19.9 Å². The first-order valence-corrected chi connectivity index (χ1v) is 6.29. The second-order valence-electron chi connectivity index (χ2n) is 4.16. The fourth-order valence-corrected chi connectivity index (χ4v) is 1.99. The number of benzene rings is 1. The Morgan fingerprint density at radius 1 is 1.53 bits per heavy atom. The molecule has 0 aliphatic heterocycles. The largest absolute Gasteiger partial charge is 0.383 e. The molecule has 1 unspecified atom stereocenters. The van der Waals surface area contributed by atoms with E-state index in [0.717, 1.165) is 10.0 Å². The quantitative estimate of drug-likeness (QED) is 0.855. The summed E-state index contributed by atoms with van der Waals surface area (Å²) in [6, 6.07) is 5.75. The molecule has 1 atom stereocenters. The number of likely N-dealkylation sites (N-methyl/N-ethyl adjacent to an activating group) is 1. The van der Waals surface area contributed by atoms with E-state index in [1.165, 1.54) is 0 Å². The molecule has 0 aliphatic rings. The van der Waals surface area contributed by atoms with Crippen LogP contribution >= 0.6 is 15.9 Å². The molecule has 0 saturated carbocycles. The van der Waals surface area contributed by atoms with E-state index in [1.54, 1.807) is 19.1 Å². The standard InChI is InChI=1S/C13H18BrNO2/c1-9-6-5-7-11(12(9)14)13(16)15(3)10(2)8-17-4/h5-7,10H,8H2,1-4H3. The number of aryl methyl sites for hydroxylation is 1. The molecule has 4 heteroatoms. The van der Waals surface area contributed by atoms with Gasteiger partial charge in [-0.05, 0) is 41.4 Å². The normalized spacial score (nSPS) is 12.3. The van der Waals surface area contributed by atoms with Gasteiger partial charge in [-0.2, -0.15) is 0 Å². The number of rotatable bonds is 4. The average Bonchev–Trinajstić information content (AvgIpc) is 2.31. The monoisotopic (exact) mass is 299 g/mol. The summed E-state index contributed by atoms with van der Waals surface area (Å²) in [5.74, 6) is 0.00475. The van der Waals surface area contributed by atoms with Gasteiger partial charge in [0, 0.05) is 18.6 Å². The van der Waals surface area contributed by atoms with Crippen LogP contribution in [0.5, 0.6) is 0 Å². The van der Waals surface area contributed by atoms with Crippen molar-refractivity contribution in [3.63, 3.8) is 0 Å². The lowest BCUT2D eigenvalue weighted by Gasteiger charge is -2.25. The summed E-state index contributed by atoms with van der Waals surface area (Å²) < 4.78 is 5.92. The second-order valence-corrected chi connectivity index (χ2v) is 4.95. The van der Waals surface area contributed by atoms with Gasteiger partial charge in [0.15, 0.2) is 0 Å². The van der Waals surface area contributed by atoms with Gasteiger partial charge in [-0.3, -0.25) is 4.79 Å². The van der Waals surface area contributed by atoms with Gasteiger partial charge in [0.05, 0.1) is 18.2 Å². The van der Waals surface area contributed by atoms with Crippen molar-refractivity contribution in [1.29, 1.82) is 0 Å². The van der Waals surface area contributed by atoms with E-state index in [9.17, 15) is 4.79 Å². The predicted molar refractivity (Wildman–Crippen MR) is 72.3 cm³/mol. The van der Waals surface area contributed by atoms with Gasteiger partial charge in [0.2, 0.25) is 0 Å². The van der Waals surface area contributed by atoms with Gasteiger partial charge in [-0.25, -0.2) is 0 Å². The van der Waals surface area contributed by atoms with E-state index in [4.69, 9.17) is 4.74 Å². The molecule has 0 radical (unpaired) electrons. The van der Waals surface area contributed by atoms with Gasteiger partial charge in [-0.15, -0.1) is 0 Å². The number of halogens is 1. The molecule has 0 heterocycles. The Labute approximate surface area is 111 Å². The Balaban J connectivity index is 2.93. The van der Waals surface area contributed by atoms with E-state index < -0.39 is 0 Å². The Hall–Kier alpha value is -0.870. The van der Waals surface area contributed by atoms with Crippen LogP contribution in [0.25, 0.3) is 0 Å². The molecular weight excluding hydrogens is 282 g/mol. The van der Waals surface area contributed by atoms with Crippen molar-refractivity contribution in [1.82, 2.24) is 4.90 Å². The Bertz CT molecular complexity index is 406. The van der Waals surface area contributed by atoms with Crippen LogP contribution in [0.1, 0.15) is 22.8 Å². The third kappa shape index (κ3) is 3.30. The maximum atomic E-state index is 12.3. The number of amides is 1. The van der Waals surface area contributed by atoms with E-state index in [-0.39, 0.29) is 11.9 Å². The molecule has 0 N–H and O–H groups in total. The van der Waals surface area contributed by atoms with Crippen LogP contribution in [0.15, 0.2) is 22.7 Å². The molecule has 1 amide bonds. The van der Waals surface area contributed by atoms with Crippen molar-refractivity contribution in [2.75, 3.05) is 20.8 Å². The zero-order valence-corrected chi connectivity index (χ0v) is 12.2. The maximum Gasteiger partial charge on any atom is 0.255 e. The molecule has 0 aromatic heterocycles. The zero-order valence-electron chi connectivity index (χ0n) is 10.7. The summed E-state index contributed by atoms with van der Waals surface area (Å²) >= 11 is 3.46. The molecule has 0 saturated heterocycles. The Morgan fingerprint density at radius 3 is 2.76 bits per heavy atom. The predicted octanol–water partition coefficient (Wildman–Crippen LogP) is 2.86. The van der Waals surface area contributed by atoms with Gasteiger partial charge in [0.25, 0.3) is 5.91 Å². The average molecular weight is 300 g/mol. The van der Waals surface area contributed by atoms with Crippen LogP contribution in [-0.4, -0.2) is 37.6 Å². The molecule has 1 rings (SSSR count). The maximum absolute atomic E-state index is 12.3. The molecule has 1 aromatic carbocycles. The number of ether oxygens (including phenoxy) is 1. The molecule has 94 valence electrons. The lowest BCUT2D eigenvalue weighted by Crippen LogP contribution is -2.38. The van der Waals surface area contributed by atoms with E-state index in [0.29, 0.717) is 12.2 Å². The highest BCUT2D eigenvalue weighted by Crippen LogP contribution is 2.22. The molecule has 1 aromatic rings. The Morgan fingerprint density at radius 2 is 2.18 bits per heavy atom. The Kier molecular flexibility index (Phi) is 5.15. The first-order chi connectivity index (χ1) is 7.99. The fraction of sp³-hybridized carbons (Fsp3) is 0.462. The van der Waals surface area contributed by atoms with Crippen molar-refractivity contribution in [2.24, 2.45) is 0 Å². The summed E-state index contributed by atoms with van der Waals surface area (Å²) in [6.07, 6.45) is 0. The smallest absolute Gasteiger partial charge is 0.255 e. The van der Waals surface area contributed by atoms with Crippen molar-refractivity contribution < 1.29 is 9.53 Å². The number of hydrogen-bond acceptors (Lipinski definition) is 2. The van der Waals surface area contributed by atoms with E-state index in [1.807, 2.05) is 32.0 Å². The number of nitrogens with zero attached hydrogens (tertiary/aromatic N) is 1. The van der Waals surface area contributed by atoms with Crippen LogP contribution in [0.2, 0.25) is 0 Å². The van der Waals surface area contributed by atoms with Crippen molar-refractivity contribution in [3.8, 4) is 0 Å². The lowest BCUT2D eigenvalue weighted by atomic mass is 10.1. The molecule has 3 nitrogen and oxygen atoms in total. The van der Waals surface area contributed by atoms with Crippen LogP contribution in [0, 0.1) is 6.92 Å². The first-order valence-electron chi connectivity index (χ1n) is 5.50. The van der Waals surface area contributed by atoms with Gasteiger partial charge in [-0.1, -0.05) is 12.1 Å². The highest BCUT2D eigenvalue weighted by Gasteiger charge is 2.19. The first kappa shape index (κ1) is 14.2. The fourth-order valence-electron chi connectivity index (χ4n) is 1.56. The van der Waals surface area contributed by atoms with Gasteiger partial charge < -0.3 is 9.64 Å². The zero-order chi connectivity index (χ0) is 13.0. The molecular formula is C13H18BrNO2. The molecule has 0 bridgehead atoms. The summed E-state index contributed by atoms with van der Waals surface area (Å²) in [5, 5.41) is 0. The van der Waals surface area contributed by atoms with E-state index in [2.05, 4.69) is 15.9 Å². The summed E-state index contributed by atoms with van der Waals surface area (Å²) in [6.45, 7) is 4.47. The minimum Gasteiger partial charge on any atom is -0.383 e. The van der Waals surface area contributed by atoms with Crippen molar-refractivity contribution >= 4 is 21.8 Å². The topological polar surface area (TPSA) is 29.5 Å². The molecule has 0 aliphatic carbocycles. The summed E-state index contributed by atoms with van der Waals surface area (Å²) in [4.78, 5) is 14.0. The highest BCUT2D eigenvalue weighted by atomic mass is 79.9. The van der Waals surface area contributed by atoms with Crippen LogP contribution in [-0.2, 0) is 4.74 Å². The minimum absolute atomic E-state index is 0.00475. The van der Waals surface area contributed by atoms with Gasteiger partial charge >= 0.3 is 0 Å². The number of methoxy groups -OCH3 is 1. The lowest BCUT2D eigenvalue weighted by molar-refractivity contribution is 0.0632. The second kappa shape index (κ2) is 6.17.